The third-order valence-electron chi connectivity index (χ3n) is 7.73. The topological polar surface area (TPSA) is 108 Å². The molecule has 0 aromatic carbocycles. The van der Waals surface area contributed by atoms with E-state index < -0.39 is 41.7 Å². The lowest BCUT2D eigenvalue weighted by Gasteiger charge is -2.43. The molecule has 8 heteroatoms. The molecule has 4 fully saturated rings. The summed E-state index contributed by atoms with van der Waals surface area (Å²) >= 11 is 0. The molecular weight excluding hydrogens is 476 g/mol. The van der Waals surface area contributed by atoms with Crippen LogP contribution in [0.1, 0.15) is 77.0 Å². The minimum Gasteiger partial charge on any atom is -0.432 e. The molecular formula is C29H34O8. The van der Waals surface area contributed by atoms with Gasteiger partial charge in [0.05, 0.1) is 0 Å². The van der Waals surface area contributed by atoms with Crippen LogP contribution in [-0.2, 0) is 33.3 Å². The zero-order valence-corrected chi connectivity index (χ0v) is 21.0. The summed E-state index contributed by atoms with van der Waals surface area (Å²) in [6, 6.07) is 0. The minimum atomic E-state index is -1.31. The fraction of sp³-hybridized carbons (Fsp3) is 0.552. The number of carbonyl (C=O) groups is 3. The first-order valence-electron chi connectivity index (χ1n) is 13.4. The Morgan fingerprint density at radius 2 is 1.54 bits per heavy atom. The largest absolute Gasteiger partial charge is 0.432 e. The van der Waals surface area contributed by atoms with E-state index in [0.29, 0.717) is 31.3 Å². The van der Waals surface area contributed by atoms with Crippen molar-refractivity contribution in [3.05, 3.63) is 59.3 Å². The van der Waals surface area contributed by atoms with E-state index in [1.807, 2.05) is 18.2 Å². The summed E-state index contributed by atoms with van der Waals surface area (Å²) < 4.78 is 22.6. The summed E-state index contributed by atoms with van der Waals surface area (Å²) in [7, 11) is 0. The maximum atomic E-state index is 12.8. The molecule has 2 saturated carbocycles. The summed E-state index contributed by atoms with van der Waals surface area (Å²) in [6.45, 7) is 0. The number of ether oxygens (including phenoxy) is 4. The van der Waals surface area contributed by atoms with E-state index in [4.69, 9.17) is 18.9 Å². The monoisotopic (exact) mass is 510 g/mol. The molecule has 0 aromatic heterocycles. The van der Waals surface area contributed by atoms with E-state index in [1.165, 1.54) is 6.08 Å². The fourth-order valence-corrected chi connectivity index (χ4v) is 5.65. The highest BCUT2D eigenvalue weighted by atomic mass is 16.8. The molecule has 0 amide bonds. The molecule has 2 unspecified atom stereocenters. The molecule has 2 heterocycles. The molecule has 1 N–H and O–H groups in total. The van der Waals surface area contributed by atoms with Crippen LogP contribution in [0.5, 0.6) is 0 Å². The maximum Gasteiger partial charge on any atom is 0.348 e. The predicted octanol–water partition coefficient (Wildman–Crippen LogP) is 4.60. The van der Waals surface area contributed by atoms with Gasteiger partial charge in [-0.2, -0.15) is 0 Å². The third kappa shape index (κ3) is 5.65. The highest BCUT2D eigenvalue weighted by Gasteiger charge is 2.48. The second-order valence-electron chi connectivity index (χ2n) is 10.4. The molecule has 2 spiro atoms. The highest BCUT2D eigenvalue weighted by molar-refractivity contribution is 6.15. The summed E-state index contributed by atoms with van der Waals surface area (Å²) in [5.74, 6) is -5.06. The lowest BCUT2D eigenvalue weighted by atomic mass is 9.91. The average molecular weight is 511 g/mol. The maximum absolute atomic E-state index is 12.8. The van der Waals surface area contributed by atoms with Crippen molar-refractivity contribution in [3.8, 4) is 0 Å². The lowest BCUT2D eigenvalue weighted by molar-refractivity contribution is -0.332. The van der Waals surface area contributed by atoms with Crippen LogP contribution in [0.3, 0.4) is 0 Å². The Bertz CT molecular complexity index is 1060. The zero-order valence-electron chi connectivity index (χ0n) is 21.0. The number of esters is 3. The van der Waals surface area contributed by atoms with Crippen molar-refractivity contribution in [3.63, 3.8) is 0 Å². The van der Waals surface area contributed by atoms with Crippen LogP contribution in [-0.4, -0.2) is 40.9 Å². The Morgan fingerprint density at radius 1 is 0.892 bits per heavy atom. The third-order valence-corrected chi connectivity index (χ3v) is 7.73. The van der Waals surface area contributed by atoms with Gasteiger partial charge in [-0.25, -0.2) is 9.59 Å². The molecule has 0 radical (unpaired) electrons. The highest BCUT2D eigenvalue weighted by Crippen LogP contribution is 2.39. The van der Waals surface area contributed by atoms with Gasteiger partial charge < -0.3 is 24.1 Å². The average Bonchev–Trinajstić information content (AvgIpc) is 2.88. The van der Waals surface area contributed by atoms with Crippen molar-refractivity contribution < 1.29 is 38.4 Å². The molecule has 0 aromatic rings. The second-order valence-corrected chi connectivity index (χ2v) is 10.4. The van der Waals surface area contributed by atoms with E-state index >= 15 is 0 Å². The van der Waals surface area contributed by atoms with Gasteiger partial charge in [-0.05, 0) is 55.7 Å². The van der Waals surface area contributed by atoms with Crippen LogP contribution < -0.4 is 0 Å². The number of hydrogen-bond acceptors (Lipinski definition) is 8. The van der Waals surface area contributed by atoms with Crippen LogP contribution >= 0.6 is 0 Å². The zero-order chi connectivity index (χ0) is 25.9. The molecule has 0 bridgehead atoms. The van der Waals surface area contributed by atoms with Crippen molar-refractivity contribution in [2.75, 3.05) is 0 Å². The van der Waals surface area contributed by atoms with Crippen molar-refractivity contribution in [1.82, 2.24) is 0 Å². The SMILES string of the molecule is O=C1OC2(CCCCC2)OC(=O)C1=CC=C(C=CC1C(=O)OC2(CCCCC2)OC1O)C1=CC=CCC1. The fourth-order valence-electron chi connectivity index (χ4n) is 5.65. The predicted molar refractivity (Wildman–Crippen MR) is 132 cm³/mol. The van der Waals surface area contributed by atoms with Crippen molar-refractivity contribution in [2.24, 2.45) is 5.92 Å². The van der Waals surface area contributed by atoms with Crippen LogP contribution in [0.25, 0.3) is 0 Å². The number of allylic oxidation sites excluding steroid dienone is 8. The number of hydrogen-bond donors (Lipinski definition) is 1. The quantitative estimate of drug-likeness (QED) is 0.253. The van der Waals surface area contributed by atoms with E-state index in [-0.39, 0.29) is 5.57 Å². The Labute approximate surface area is 216 Å². The van der Waals surface area contributed by atoms with Gasteiger partial charge >= 0.3 is 17.9 Å². The Hall–Kier alpha value is -2.97. The summed E-state index contributed by atoms with van der Waals surface area (Å²) in [5.41, 5.74) is 1.47. The molecule has 5 rings (SSSR count). The number of aliphatic hydroxyl groups excluding tert-OH is 1. The van der Waals surface area contributed by atoms with Crippen LogP contribution in [0, 0.1) is 5.92 Å². The number of rotatable bonds is 4. The molecule has 5 aliphatic rings. The minimum absolute atomic E-state index is 0.172. The van der Waals surface area contributed by atoms with Crippen molar-refractivity contribution >= 4 is 17.9 Å². The van der Waals surface area contributed by atoms with E-state index in [1.54, 1.807) is 18.2 Å². The summed E-state index contributed by atoms with van der Waals surface area (Å²) in [4.78, 5) is 38.3. The molecule has 3 aliphatic carbocycles. The van der Waals surface area contributed by atoms with E-state index in [9.17, 15) is 19.5 Å². The molecule has 37 heavy (non-hydrogen) atoms. The van der Waals surface area contributed by atoms with Crippen LogP contribution in [0.15, 0.2) is 59.3 Å². The summed E-state index contributed by atoms with van der Waals surface area (Å²) in [5, 5.41) is 10.7. The van der Waals surface area contributed by atoms with Gasteiger partial charge in [-0.3, -0.25) is 4.79 Å². The van der Waals surface area contributed by atoms with Crippen molar-refractivity contribution in [2.45, 2.75) is 94.9 Å². The lowest BCUT2D eigenvalue weighted by Crippen LogP contribution is -2.52. The first kappa shape index (κ1) is 25.7. The van der Waals surface area contributed by atoms with Gasteiger partial charge in [0.1, 0.15) is 11.5 Å². The Morgan fingerprint density at radius 3 is 2.14 bits per heavy atom. The second kappa shape index (κ2) is 10.8. The normalized spacial score (nSPS) is 29.6. The standard InChI is InChI=1S/C29H34O8/c30-24-22(25(31)35-28(34-24)16-6-2-7-17-28)14-12-21(20-10-4-1-5-11-20)13-15-23-26(32)36-29(37-27(23)33)18-8-3-9-19-29/h1,4,10,12-15,22,24,30H,2-3,5-9,11,16-19H2. The van der Waals surface area contributed by atoms with Crippen molar-refractivity contribution in [1.29, 1.82) is 0 Å². The molecule has 8 nitrogen and oxygen atoms in total. The molecule has 198 valence electrons. The van der Waals surface area contributed by atoms with E-state index in [0.717, 1.165) is 56.9 Å². The molecule has 2 aliphatic heterocycles. The van der Waals surface area contributed by atoms with Crippen LogP contribution in [0.2, 0.25) is 0 Å². The Balaban J connectivity index is 1.36. The number of aliphatic hydroxyl groups is 1. The van der Waals surface area contributed by atoms with Gasteiger partial charge in [0.2, 0.25) is 5.79 Å². The van der Waals surface area contributed by atoms with E-state index in [2.05, 4.69) is 0 Å². The van der Waals surface area contributed by atoms with Gasteiger partial charge in [0.15, 0.2) is 6.29 Å². The van der Waals surface area contributed by atoms with Gasteiger partial charge in [0.25, 0.3) is 5.79 Å². The Kier molecular flexibility index (Phi) is 7.49. The smallest absolute Gasteiger partial charge is 0.348 e. The first-order valence-corrected chi connectivity index (χ1v) is 13.4. The summed E-state index contributed by atoms with van der Waals surface area (Å²) in [6.07, 6.45) is 20.2. The number of carbonyl (C=O) groups excluding carboxylic acids is 3. The first-order chi connectivity index (χ1) is 17.9. The van der Waals surface area contributed by atoms with Crippen LogP contribution in [0.4, 0.5) is 0 Å². The van der Waals surface area contributed by atoms with Gasteiger partial charge in [-0.1, -0.05) is 49.3 Å². The molecule has 2 saturated heterocycles. The van der Waals surface area contributed by atoms with Gasteiger partial charge in [0, 0.05) is 25.7 Å². The van der Waals surface area contributed by atoms with Gasteiger partial charge in [-0.15, -0.1) is 0 Å². The molecule has 2 atom stereocenters.